The Morgan fingerprint density at radius 1 is 1.35 bits per heavy atom. The Morgan fingerprint density at radius 2 is 2.00 bits per heavy atom. The molecule has 0 fully saturated rings. The molecule has 0 radical (unpaired) electrons. The number of carbonyl (C=O) groups excluding carboxylic acids is 1. The largest absolute Gasteiger partial charge is 0.396 e. The summed E-state index contributed by atoms with van der Waals surface area (Å²) in [5, 5.41) is 8.94. The van der Waals surface area contributed by atoms with Crippen molar-refractivity contribution in [3.63, 3.8) is 0 Å². The molecule has 1 aromatic carbocycles. The first-order valence-electron chi connectivity index (χ1n) is 6.97. The van der Waals surface area contributed by atoms with E-state index in [9.17, 15) is 4.79 Å². The van der Waals surface area contributed by atoms with E-state index in [0.29, 0.717) is 6.54 Å². The van der Waals surface area contributed by atoms with Gasteiger partial charge in [-0.25, -0.2) is 0 Å². The SMILES string of the molecule is Cc1ccccc1CN(C)C(=O)C(C)SCC(C)CO. The standard InChI is InChI=1S/C16H25NO2S/c1-12(10-18)11-20-14(3)16(19)17(4)9-15-8-6-5-7-13(15)2/h5-8,12,14,18H,9-11H2,1-4H3. The Kier molecular flexibility index (Phi) is 7.10. The van der Waals surface area contributed by atoms with Gasteiger partial charge in [-0.15, -0.1) is 11.8 Å². The number of hydrogen-bond donors (Lipinski definition) is 1. The van der Waals surface area contributed by atoms with E-state index < -0.39 is 0 Å². The summed E-state index contributed by atoms with van der Waals surface area (Å²) in [5.41, 5.74) is 2.39. The monoisotopic (exact) mass is 295 g/mol. The lowest BCUT2D eigenvalue weighted by atomic mass is 10.1. The Hall–Kier alpha value is -1.000. The van der Waals surface area contributed by atoms with Crippen LogP contribution in [0.2, 0.25) is 0 Å². The molecule has 3 nitrogen and oxygen atoms in total. The molecule has 0 aliphatic rings. The highest BCUT2D eigenvalue weighted by molar-refractivity contribution is 8.00. The number of thioether (sulfide) groups is 1. The number of amides is 1. The second kappa shape index (κ2) is 8.32. The minimum atomic E-state index is -0.0713. The molecule has 112 valence electrons. The van der Waals surface area contributed by atoms with Crippen LogP contribution in [0, 0.1) is 12.8 Å². The van der Waals surface area contributed by atoms with Crippen LogP contribution in [0.3, 0.4) is 0 Å². The zero-order chi connectivity index (χ0) is 15.1. The van der Waals surface area contributed by atoms with E-state index in [2.05, 4.69) is 19.1 Å². The number of benzene rings is 1. The highest BCUT2D eigenvalue weighted by Crippen LogP contribution is 2.18. The van der Waals surface area contributed by atoms with Crippen molar-refractivity contribution in [2.45, 2.75) is 32.6 Å². The third-order valence-corrected chi connectivity index (χ3v) is 4.80. The lowest BCUT2D eigenvalue weighted by Crippen LogP contribution is -2.33. The quantitative estimate of drug-likeness (QED) is 0.841. The summed E-state index contributed by atoms with van der Waals surface area (Å²) in [6.07, 6.45) is 0. The van der Waals surface area contributed by atoms with E-state index in [-0.39, 0.29) is 23.7 Å². The van der Waals surface area contributed by atoms with Gasteiger partial charge in [-0.05, 0) is 36.6 Å². The van der Waals surface area contributed by atoms with Crippen molar-refractivity contribution in [2.24, 2.45) is 5.92 Å². The Labute approximate surface area is 126 Å². The molecule has 1 amide bonds. The van der Waals surface area contributed by atoms with Crippen molar-refractivity contribution in [3.05, 3.63) is 35.4 Å². The van der Waals surface area contributed by atoms with Gasteiger partial charge in [0.15, 0.2) is 0 Å². The molecule has 0 bridgehead atoms. The van der Waals surface area contributed by atoms with Gasteiger partial charge in [0.05, 0.1) is 5.25 Å². The summed E-state index contributed by atoms with van der Waals surface area (Å²) in [7, 11) is 1.85. The average Bonchev–Trinajstić information content (AvgIpc) is 2.45. The highest BCUT2D eigenvalue weighted by Gasteiger charge is 2.19. The molecule has 1 aromatic rings. The first-order valence-corrected chi connectivity index (χ1v) is 8.02. The molecule has 0 spiro atoms. The normalized spacial score (nSPS) is 13.8. The molecule has 2 atom stereocenters. The maximum atomic E-state index is 12.3. The molecule has 0 aliphatic carbocycles. The molecule has 20 heavy (non-hydrogen) atoms. The second-order valence-electron chi connectivity index (χ2n) is 5.38. The molecular weight excluding hydrogens is 270 g/mol. The van der Waals surface area contributed by atoms with Crippen molar-refractivity contribution in [1.29, 1.82) is 0 Å². The van der Waals surface area contributed by atoms with Gasteiger partial charge in [0, 0.05) is 20.2 Å². The van der Waals surface area contributed by atoms with Crippen molar-refractivity contribution in [1.82, 2.24) is 4.90 Å². The molecule has 2 unspecified atom stereocenters. The molecular formula is C16H25NO2S. The Balaban J connectivity index is 2.52. The Morgan fingerprint density at radius 3 is 2.60 bits per heavy atom. The van der Waals surface area contributed by atoms with Crippen LogP contribution in [-0.4, -0.2) is 40.6 Å². The lowest BCUT2D eigenvalue weighted by Gasteiger charge is -2.22. The van der Waals surface area contributed by atoms with Crippen LogP contribution in [0.5, 0.6) is 0 Å². The number of rotatable bonds is 7. The number of nitrogens with zero attached hydrogens (tertiary/aromatic N) is 1. The molecule has 0 saturated carbocycles. The summed E-state index contributed by atoms with van der Waals surface area (Å²) in [5.74, 6) is 1.18. The summed E-state index contributed by atoms with van der Waals surface area (Å²) < 4.78 is 0. The topological polar surface area (TPSA) is 40.5 Å². The fourth-order valence-electron chi connectivity index (χ4n) is 1.86. The van der Waals surface area contributed by atoms with Gasteiger partial charge in [-0.2, -0.15) is 0 Å². The smallest absolute Gasteiger partial charge is 0.235 e. The van der Waals surface area contributed by atoms with Gasteiger partial charge in [-0.3, -0.25) is 4.79 Å². The first kappa shape index (κ1) is 17.1. The number of carbonyl (C=O) groups is 1. The minimum Gasteiger partial charge on any atom is -0.396 e. The summed E-state index contributed by atoms with van der Waals surface area (Å²) in [6, 6.07) is 8.14. The van der Waals surface area contributed by atoms with E-state index in [4.69, 9.17) is 5.11 Å². The van der Waals surface area contributed by atoms with Crippen LogP contribution in [0.15, 0.2) is 24.3 Å². The van der Waals surface area contributed by atoms with Crippen LogP contribution in [0.1, 0.15) is 25.0 Å². The number of hydrogen-bond acceptors (Lipinski definition) is 3. The van der Waals surface area contributed by atoms with Crippen molar-refractivity contribution in [3.8, 4) is 0 Å². The fourth-order valence-corrected chi connectivity index (χ4v) is 2.91. The molecule has 0 saturated heterocycles. The van der Waals surface area contributed by atoms with E-state index >= 15 is 0 Å². The van der Waals surface area contributed by atoms with Crippen LogP contribution in [0.4, 0.5) is 0 Å². The zero-order valence-electron chi connectivity index (χ0n) is 12.8. The molecule has 1 N–H and O–H groups in total. The predicted molar refractivity (Wildman–Crippen MR) is 85.8 cm³/mol. The van der Waals surface area contributed by atoms with Crippen LogP contribution >= 0.6 is 11.8 Å². The minimum absolute atomic E-state index is 0.0713. The average molecular weight is 295 g/mol. The third-order valence-electron chi connectivity index (χ3n) is 3.34. The van der Waals surface area contributed by atoms with E-state index in [1.807, 2.05) is 33.0 Å². The fraction of sp³-hybridized carbons (Fsp3) is 0.562. The third kappa shape index (κ3) is 5.17. The maximum Gasteiger partial charge on any atom is 0.235 e. The molecule has 1 rings (SSSR count). The van der Waals surface area contributed by atoms with Crippen LogP contribution in [0.25, 0.3) is 0 Å². The van der Waals surface area contributed by atoms with Gasteiger partial charge < -0.3 is 10.0 Å². The zero-order valence-corrected chi connectivity index (χ0v) is 13.6. The molecule has 0 aliphatic heterocycles. The van der Waals surface area contributed by atoms with Gasteiger partial charge in [0.2, 0.25) is 5.91 Å². The lowest BCUT2D eigenvalue weighted by molar-refractivity contribution is -0.129. The van der Waals surface area contributed by atoms with Crippen LogP contribution < -0.4 is 0 Å². The predicted octanol–water partition coefficient (Wildman–Crippen LogP) is 2.70. The van der Waals surface area contributed by atoms with Gasteiger partial charge >= 0.3 is 0 Å². The van der Waals surface area contributed by atoms with Gasteiger partial charge in [0.25, 0.3) is 0 Å². The summed E-state index contributed by atoms with van der Waals surface area (Å²) in [4.78, 5) is 14.1. The highest BCUT2D eigenvalue weighted by atomic mass is 32.2. The van der Waals surface area contributed by atoms with Crippen LogP contribution in [-0.2, 0) is 11.3 Å². The van der Waals surface area contributed by atoms with Gasteiger partial charge in [-0.1, -0.05) is 31.2 Å². The van der Waals surface area contributed by atoms with Crippen molar-refractivity contribution in [2.75, 3.05) is 19.4 Å². The van der Waals surface area contributed by atoms with E-state index in [0.717, 1.165) is 5.75 Å². The second-order valence-corrected chi connectivity index (χ2v) is 6.76. The van der Waals surface area contributed by atoms with E-state index in [1.165, 1.54) is 11.1 Å². The van der Waals surface area contributed by atoms with Gasteiger partial charge in [0.1, 0.15) is 0 Å². The maximum absolute atomic E-state index is 12.3. The van der Waals surface area contributed by atoms with Crippen molar-refractivity contribution < 1.29 is 9.90 Å². The number of aliphatic hydroxyl groups is 1. The molecule has 0 heterocycles. The van der Waals surface area contributed by atoms with E-state index in [1.54, 1.807) is 16.7 Å². The number of aryl methyl sites for hydroxylation is 1. The summed E-state index contributed by atoms with van der Waals surface area (Å²) in [6.45, 7) is 6.81. The Bertz CT molecular complexity index is 436. The number of aliphatic hydroxyl groups excluding tert-OH is 1. The first-order chi connectivity index (χ1) is 9.45. The molecule has 0 aromatic heterocycles. The van der Waals surface area contributed by atoms with Crippen molar-refractivity contribution >= 4 is 17.7 Å². The summed E-state index contributed by atoms with van der Waals surface area (Å²) >= 11 is 1.61. The molecule has 4 heteroatoms.